The Morgan fingerprint density at radius 3 is 2.58 bits per heavy atom. The summed E-state index contributed by atoms with van der Waals surface area (Å²) in [7, 11) is 0. The fourth-order valence-electron chi connectivity index (χ4n) is 1.86. The highest BCUT2D eigenvalue weighted by Crippen LogP contribution is 2.26. The molecule has 1 aromatic carbocycles. The Balaban J connectivity index is 2.09. The van der Waals surface area contributed by atoms with Crippen LogP contribution in [0.15, 0.2) is 28.8 Å². The molecule has 0 aliphatic heterocycles. The van der Waals surface area contributed by atoms with Crippen LogP contribution in [0, 0.1) is 19.7 Å². The quantitative estimate of drug-likeness (QED) is 0.765. The van der Waals surface area contributed by atoms with Crippen LogP contribution < -0.4 is 5.32 Å². The van der Waals surface area contributed by atoms with E-state index in [1.807, 2.05) is 6.92 Å². The van der Waals surface area contributed by atoms with Crippen molar-refractivity contribution >= 4 is 22.6 Å². The Morgan fingerprint density at radius 1 is 1.11 bits per heavy atom. The van der Waals surface area contributed by atoms with E-state index in [9.17, 15) is 4.39 Å². The molecule has 3 rings (SSSR count). The molecule has 0 unspecified atom stereocenters. The van der Waals surface area contributed by atoms with Gasteiger partial charge in [0.05, 0.1) is 5.69 Å². The van der Waals surface area contributed by atoms with Crippen LogP contribution in [0.2, 0.25) is 0 Å². The molecule has 0 aliphatic carbocycles. The van der Waals surface area contributed by atoms with Gasteiger partial charge in [0.2, 0.25) is 0 Å². The third-order valence-corrected chi connectivity index (χ3v) is 2.73. The molecule has 5 nitrogen and oxygen atoms in total. The third-order valence-electron chi connectivity index (χ3n) is 2.73. The highest BCUT2D eigenvalue weighted by molar-refractivity contribution is 5.89. The molecule has 6 heteroatoms. The largest absolute Gasteiger partial charge is 0.339 e. The summed E-state index contributed by atoms with van der Waals surface area (Å²) in [4.78, 5) is 8.51. The van der Waals surface area contributed by atoms with Gasteiger partial charge >= 0.3 is 0 Å². The molecule has 3 aromatic rings. The molecule has 0 spiro atoms. The van der Waals surface area contributed by atoms with E-state index in [1.165, 1.54) is 12.1 Å². The summed E-state index contributed by atoms with van der Waals surface area (Å²) < 4.78 is 18.0. The van der Waals surface area contributed by atoms with Gasteiger partial charge in [-0.15, -0.1) is 0 Å². The van der Waals surface area contributed by atoms with Crippen molar-refractivity contribution in [1.82, 2.24) is 15.1 Å². The highest BCUT2D eigenvalue weighted by Gasteiger charge is 2.13. The van der Waals surface area contributed by atoms with Gasteiger partial charge in [0.15, 0.2) is 0 Å². The van der Waals surface area contributed by atoms with Crippen LogP contribution in [0.5, 0.6) is 0 Å². The van der Waals surface area contributed by atoms with Crippen molar-refractivity contribution in [2.75, 3.05) is 5.32 Å². The molecule has 0 saturated carbocycles. The average molecular weight is 258 g/mol. The monoisotopic (exact) mass is 258 g/mol. The van der Waals surface area contributed by atoms with Crippen LogP contribution >= 0.6 is 0 Å². The van der Waals surface area contributed by atoms with Crippen LogP contribution in [0.4, 0.5) is 15.9 Å². The summed E-state index contributed by atoms with van der Waals surface area (Å²) in [5.74, 6) is 0.900. The lowest BCUT2D eigenvalue weighted by Gasteiger charge is -2.07. The molecule has 19 heavy (non-hydrogen) atoms. The molecule has 0 atom stereocenters. The van der Waals surface area contributed by atoms with E-state index in [4.69, 9.17) is 4.52 Å². The molecule has 1 N–H and O–H groups in total. The van der Waals surface area contributed by atoms with E-state index in [0.717, 1.165) is 11.1 Å². The van der Waals surface area contributed by atoms with Crippen LogP contribution in [0.25, 0.3) is 11.1 Å². The van der Waals surface area contributed by atoms with Crippen LogP contribution in [0.3, 0.4) is 0 Å². The molecule has 0 amide bonds. The van der Waals surface area contributed by atoms with E-state index in [0.29, 0.717) is 23.0 Å². The molecular formula is C13H11FN4O. The van der Waals surface area contributed by atoms with Crippen molar-refractivity contribution in [3.05, 3.63) is 41.6 Å². The number of aromatic nitrogens is 3. The minimum Gasteiger partial charge on any atom is -0.339 e. The third kappa shape index (κ3) is 2.12. The zero-order valence-corrected chi connectivity index (χ0v) is 10.4. The second-order valence-electron chi connectivity index (χ2n) is 4.20. The zero-order chi connectivity index (χ0) is 13.4. The summed E-state index contributed by atoms with van der Waals surface area (Å²) in [5.41, 5.74) is 1.88. The number of rotatable bonds is 2. The fraction of sp³-hybridized carbons (Fsp3) is 0.154. The van der Waals surface area contributed by atoms with E-state index < -0.39 is 0 Å². The molecular weight excluding hydrogens is 247 g/mol. The summed E-state index contributed by atoms with van der Waals surface area (Å²) in [6.45, 7) is 3.59. The summed E-state index contributed by atoms with van der Waals surface area (Å²) in [5, 5.41) is 7.73. The lowest BCUT2D eigenvalue weighted by molar-refractivity contribution is 0.442. The number of aryl methyl sites for hydroxylation is 2. The Kier molecular flexibility index (Phi) is 2.63. The molecule has 0 bridgehead atoms. The van der Waals surface area contributed by atoms with Gasteiger partial charge in [-0.05, 0) is 38.1 Å². The minimum atomic E-state index is -0.282. The second kappa shape index (κ2) is 4.31. The smallest absolute Gasteiger partial charge is 0.263 e. The number of halogens is 1. The first-order valence-electron chi connectivity index (χ1n) is 5.77. The first-order chi connectivity index (χ1) is 9.13. The maximum atomic E-state index is 12.9. The first-order valence-corrected chi connectivity index (χ1v) is 5.77. The number of anilines is 2. The minimum absolute atomic E-state index is 0.282. The maximum absolute atomic E-state index is 12.9. The summed E-state index contributed by atoms with van der Waals surface area (Å²) in [6, 6.07) is 6.05. The predicted molar refractivity (Wildman–Crippen MR) is 68.8 cm³/mol. The summed E-state index contributed by atoms with van der Waals surface area (Å²) >= 11 is 0. The van der Waals surface area contributed by atoms with Crippen molar-refractivity contribution in [1.29, 1.82) is 0 Å². The molecule has 0 aliphatic rings. The van der Waals surface area contributed by atoms with E-state index >= 15 is 0 Å². The number of nitrogens with one attached hydrogen (secondary N) is 1. The molecule has 0 fully saturated rings. The van der Waals surface area contributed by atoms with Crippen LogP contribution in [-0.2, 0) is 0 Å². The van der Waals surface area contributed by atoms with Crippen molar-refractivity contribution in [3.63, 3.8) is 0 Å². The number of benzene rings is 1. The van der Waals surface area contributed by atoms with Gasteiger partial charge in [0.25, 0.3) is 5.71 Å². The van der Waals surface area contributed by atoms with Gasteiger partial charge in [0, 0.05) is 5.69 Å². The predicted octanol–water partition coefficient (Wildman–Crippen LogP) is 3.12. The molecule has 2 aromatic heterocycles. The normalized spacial score (nSPS) is 10.9. The molecule has 0 radical (unpaired) electrons. The van der Waals surface area contributed by atoms with Gasteiger partial charge in [-0.2, -0.15) is 4.98 Å². The van der Waals surface area contributed by atoms with Gasteiger partial charge in [-0.25, -0.2) is 9.37 Å². The maximum Gasteiger partial charge on any atom is 0.263 e. The summed E-state index contributed by atoms with van der Waals surface area (Å²) in [6.07, 6.45) is 0. The molecule has 2 heterocycles. The molecule has 0 saturated heterocycles. The Morgan fingerprint density at radius 2 is 1.84 bits per heavy atom. The number of hydrogen-bond acceptors (Lipinski definition) is 5. The Hall–Kier alpha value is -2.50. The van der Waals surface area contributed by atoms with Crippen LogP contribution in [0.1, 0.15) is 11.5 Å². The van der Waals surface area contributed by atoms with E-state index in [1.54, 1.807) is 19.1 Å². The van der Waals surface area contributed by atoms with Crippen molar-refractivity contribution in [2.45, 2.75) is 13.8 Å². The van der Waals surface area contributed by atoms with Crippen molar-refractivity contribution in [2.24, 2.45) is 0 Å². The lowest BCUT2D eigenvalue weighted by Crippen LogP contribution is -1.98. The topological polar surface area (TPSA) is 63.8 Å². The Bertz CT molecular complexity index is 736. The molecule has 96 valence electrons. The van der Waals surface area contributed by atoms with E-state index in [-0.39, 0.29) is 5.82 Å². The highest BCUT2D eigenvalue weighted by atomic mass is 19.1. The zero-order valence-electron chi connectivity index (χ0n) is 10.4. The van der Waals surface area contributed by atoms with E-state index in [2.05, 4.69) is 20.4 Å². The first kappa shape index (κ1) is 11.6. The SMILES string of the molecule is Cc1nc(Nc2ccc(F)cc2)c2c(C)noc2n1. The van der Waals surface area contributed by atoms with Gasteiger partial charge in [0.1, 0.15) is 22.8 Å². The van der Waals surface area contributed by atoms with Gasteiger partial charge in [-0.3, -0.25) is 0 Å². The lowest BCUT2D eigenvalue weighted by atomic mass is 10.2. The Labute approximate surface area is 108 Å². The van der Waals surface area contributed by atoms with Crippen LogP contribution in [-0.4, -0.2) is 15.1 Å². The van der Waals surface area contributed by atoms with Crippen molar-refractivity contribution in [3.8, 4) is 0 Å². The number of nitrogens with zero attached hydrogens (tertiary/aromatic N) is 3. The fourth-order valence-corrected chi connectivity index (χ4v) is 1.86. The van der Waals surface area contributed by atoms with Gasteiger partial charge in [-0.1, -0.05) is 5.16 Å². The van der Waals surface area contributed by atoms with Gasteiger partial charge < -0.3 is 9.84 Å². The standard InChI is InChI=1S/C13H11FN4O/c1-7-11-12(15-8(2)16-13(11)19-18-7)17-10-5-3-9(14)4-6-10/h3-6H,1-2H3,(H,15,16,17). The second-order valence-corrected chi connectivity index (χ2v) is 4.20. The average Bonchev–Trinajstić information content (AvgIpc) is 2.74. The number of fused-ring (bicyclic) bond motifs is 1. The number of hydrogen-bond donors (Lipinski definition) is 1. The van der Waals surface area contributed by atoms with Crippen molar-refractivity contribution < 1.29 is 8.91 Å².